The molecule has 0 radical (unpaired) electrons. The van der Waals surface area contributed by atoms with Crippen LogP contribution in [0.4, 0.5) is 0 Å². The number of hydrogen-bond acceptors (Lipinski definition) is 8. The first-order valence-corrected chi connectivity index (χ1v) is 19.0. The van der Waals surface area contributed by atoms with Crippen LogP contribution >= 0.6 is 0 Å². The monoisotopic (exact) mass is 652 g/mol. The van der Waals surface area contributed by atoms with E-state index in [9.17, 15) is 27.0 Å². The Balaban J connectivity index is 2.04. The van der Waals surface area contributed by atoms with Gasteiger partial charge < -0.3 is 18.6 Å². The molecule has 1 rings (SSSR count). The third-order valence-corrected chi connectivity index (χ3v) is 8.41. The Morgan fingerprint density at radius 2 is 0.860 bits per heavy atom. The summed E-state index contributed by atoms with van der Waals surface area (Å²) in [5.74, 6) is -0.627. The molecule has 0 aliphatic carbocycles. The molecular weight excluding hydrogens is 596 g/mol. The zero-order valence-corrected chi connectivity index (χ0v) is 27.6. The second kappa shape index (κ2) is 23.0. The number of aliphatic hydroxyl groups is 2. The van der Waals surface area contributed by atoms with E-state index in [-0.39, 0.29) is 11.5 Å². The minimum Gasteiger partial charge on any atom is -0.390 e. The largest absolute Gasteiger partial charge is 0.446 e. The molecule has 0 saturated heterocycles. The third kappa shape index (κ3) is 23.6. The van der Waals surface area contributed by atoms with Crippen molar-refractivity contribution < 1.29 is 44.5 Å². The van der Waals surface area contributed by atoms with Gasteiger partial charge in [0.25, 0.3) is 0 Å². The predicted molar refractivity (Wildman–Crippen MR) is 169 cm³/mol. The molecule has 2 atom stereocenters. The summed E-state index contributed by atoms with van der Waals surface area (Å²) in [5.41, 5.74) is 0.553. The molecule has 0 fully saturated rings. The van der Waals surface area contributed by atoms with E-state index in [0.717, 1.165) is 57.4 Å². The number of aliphatic hydroxyl groups excluding tert-OH is 2. The molecule has 10 nitrogen and oxygen atoms in total. The van der Waals surface area contributed by atoms with Crippen LogP contribution in [0.5, 0.6) is 11.5 Å². The fourth-order valence-electron chi connectivity index (χ4n) is 5.26. The summed E-state index contributed by atoms with van der Waals surface area (Å²) in [6, 6.07) is 3.69. The van der Waals surface area contributed by atoms with Crippen LogP contribution in [-0.4, -0.2) is 48.4 Å². The number of hydrogen-bond donors (Lipinski definition) is 4. The van der Waals surface area contributed by atoms with E-state index in [1.54, 1.807) is 0 Å². The average molecular weight is 653 g/mol. The maximum absolute atomic E-state index is 11.0. The smallest absolute Gasteiger partial charge is 0.390 e. The van der Waals surface area contributed by atoms with E-state index >= 15 is 0 Å². The molecule has 0 aliphatic heterocycles. The van der Waals surface area contributed by atoms with Crippen LogP contribution in [0.15, 0.2) is 18.2 Å². The molecule has 1 aromatic rings. The van der Waals surface area contributed by atoms with Crippen molar-refractivity contribution in [1.82, 2.24) is 0 Å². The van der Waals surface area contributed by atoms with Crippen LogP contribution < -0.4 is 8.37 Å². The van der Waals surface area contributed by atoms with Crippen LogP contribution in [0.2, 0.25) is 0 Å². The van der Waals surface area contributed by atoms with Gasteiger partial charge in [0, 0.05) is 6.07 Å². The molecule has 0 spiro atoms. The second-order valence-corrected chi connectivity index (χ2v) is 13.7. The molecular formula is C31H56O10S2. The molecule has 0 heterocycles. The van der Waals surface area contributed by atoms with Gasteiger partial charge in [0.2, 0.25) is 0 Å². The average Bonchev–Trinajstić information content (AvgIpc) is 2.90. The summed E-state index contributed by atoms with van der Waals surface area (Å²) in [4.78, 5) is 0. The molecule has 252 valence electrons. The minimum atomic E-state index is -4.80. The fraction of sp³-hybridized carbons (Fsp3) is 0.806. The third-order valence-electron chi connectivity index (χ3n) is 7.61. The summed E-state index contributed by atoms with van der Waals surface area (Å²) in [7, 11) is -9.60. The maximum Gasteiger partial charge on any atom is 0.446 e. The molecule has 0 aromatic heterocycles. The molecule has 0 bridgehead atoms. The van der Waals surface area contributed by atoms with Crippen molar-refractivity contribution >= 4 is 20.8 Å². The number of benzene rings is 1. The zero-order valence-electron chi connectivity index (χ0n) is 26.0. The minimum absolute atomic E-state index is 0.314. The van der Waals surface area contributed by atoms with Crippen LogP contribution in [0, 0.1) is 0 Å². The molecule has 2 unspecified atom stereocenters. The highest BCUT2D eigenvalue weighted by Crippen LogP contribution is 2.26. The summed E-state index contributed by atoms with van der Waals surface area (Å²) < 4.78 is 70.6. The standard InChI is InChI=1S/C31H56O10S2/c1-2-3-4-5-16-19-22-30(32)31(33)23-20-17-14-12-10-8-6-7-9-11-13-15-18-21-27-24-28(40-42(34,35)36)26-29(25-27)41-43(37,38)39/h24-26,30-33H,2-23H2,1H3,(H,34,35,36)(H,37,38,39). The lowest BCUT2D eigenvalue weighted by Crippen LogP contribution is -2.25. The topological polar surface area (TPSA) is 168 Å². The highest BCUT2D eigenvalue weighted by atomic mass is 32.3. The van der Waals surface area contributed by atoms with Gasteiger partial charge in [0.05, 0.1) is 12.2 Å². The molecule has 4 N–H and O–H groups in total. The molecule has 12 heteroatoms. The van der Waals surface area contributed by atoms with Crippen molar-refractivity contribution in [1.29, 1.82) is 0 Å². The SMILES string of the molecule is CCCCCCCCC(O)C(O)CCCCCCCCCCCCCCCc1cc(OS(=O)(=O)O)cc(OS(=O)(=O)O)c1. The van der Waals surface area contributed by atoms with Gasteiger partial charge >= 0.3 is 20.8 Å². The van der Waals surface area contributed by atoms with Gasteiger partial charge in [-0.25, -0.2) is 0 Å². The predicted octanol–water partition coefficient (Wildman–Crippen LogP) is 7.53. The van der Waals surface area contributed by atoms with Crippen molar-refractivity contribution in [2.24, 2.45) is 0 Å². The Hall–Kier alpha value is -1.44. The van der Waals surface area contributed by atoms with Gasteiger partial charge in [-0.05, 0) is 43.4 Å². The maximum atomic E-state index is 11.0. The summed E-state index contributed by atoms with van der Waals surface area (Å²) in [6.07, 6.45) is 22.3. The quantitative estimate of drug-likeness (QED) is 0.0525. The van der Waals surface area contributed by atoms with E-state index in [1.165, 1.54) is 82.8 Å². The Labute approximate surface area is 260 Å². The van der Waals surface area contributed by atoms with Crippen LogP contribution in [0.1, 0.15) is 147 Å². The lowest BCUT2D eigenvalue weighted by atomic mass is 9.99. The lowest BCUT2D eigenvalue weighted by molar-refractivity contribution is 0.00712. The zero-order chi connectivity index (χ0) is 32.0. The highest BCUT2D eigenvalue weighted by Gasteiger charge is 2.16. The summed E-state index contributed by atoms with van der Waals surface area (Å²) in [6.45, 7) is 2.20. The van der Waals surface area contributed by atoms with E-state index in [1.807, 2.05) is 0 Å². The Morgan fingerprint density at radius 3 is 1.21 bits per heavy atom. The van der Waals surface area contributed by atoms with Crippen LogP contribution in [0.25, 0.3) is 0 Å². The summed E-state index contributed by atoms with van der Waals surface area (Å²) >= 11 is 0. The Morgan fingerprint density at radius 1 is 0.535 bits per heavy atom. The molecule has 0 aliphatic rings. The van der Waals surface area contributed by atoms with Crippen LogP contribution in [0.3, 0.4) is 0 Å². The summed E-state index contributed by atoms with van der Waals surface area (Å²) in [5, 5.41) is 20.3. The van der Waals surface area contributed by atoms with Gasteiger partial charge in [0.1, 0.15) is 11.5 Å². The van der Waals surface area contributed by atoms with E-state index < -0.39 is 33.0 Å². The van der Waals surface area contributed by atoms with Crippen LogP contribution in [-0.2, 0) is 27.2 Å². The first kappa shape index (κ1) is 39.6. The van der Waals surface area contributed by atoms with Gasteiger partial charge in [-0.2, -0.15) is 16.8 Å². The fourth-order valence-corrected chi connectivity index (χ4v) is 5.94. The van der Waals surface area contributed by atoms with Crippen molar-refractivity contribution in [2.75, 3.05) is 0 Å². The van der Waals surface area contributed by atoms with Gasteiger partial charge in [-0.3, -0.25) is 9.11 Å². The molecule has 0 saturated carbocycles. The molecule has 0 amide bonds. The first-order chi connectivity index (χ1) is 20.4. The Kier molecular flexibility index (Phi) is 21.2. The van der Waals surface area contributed by atoms with Crippen molar-refractivity contribution in [2.45, 2.75) is 160 Å². The number of rotatable bonds is 28. The van der Waals surface area contributed by atoms with Gasteiger partial charge in [-0.1, -0.05) is 122 Å². The lowest BCUT2D eigenvalue weighted by Gasteiger charge is -2.17. The number of unbranched alkanes of at least 4 members (excludes halogenated alkanes) is 17. The van der Waals surface area contributed by atoms with Crippen molar-refractivity contribution in [3.8, 4) is 11.5 Å². The van der Waals surface area contributed by atoms with E-state index in [0.29, 0.717) is 24.8 Å². The van der Waals surface area contributed by atoms with Gasteiger partial charge in [0.15, 0.2) is 0 Å². The molecule has 43 heavy (non-hydrogen) atoms. The van der Waals surface area contributed by atoms with Crippen molar-refractivity contribution in [3.05, 3.63) is 23.8 Å². The van der Waals surface area contributed by atoms with Crippen molar-refractivity contribution in [3.63, 3.8) is 0 Å². The van der Waals surface area contributed by atoms with E-state index in [4.69, 9.17) is 9.11 Å². The Bertz CT molecular complexity index is 1010. The first-order valence-electron chi connectivity index (χ1n) is 16.2. The second-order valence-electron chi connectivity index (χ2n) is 11.7. The van der Waals surface area contributed by atoms with Gasteiger partial charge in [-0.15, -0.1) is 0 Å². The van der Waals surface area contributed by atoms with E-state index in [2.05, 4.69) is 15.3 Å². The number of aryl methyl sites for hydroxylation is 1. The molecule has 1 aromatic carbocycles. The highest BCUT2D eigenvalue weighted by molar-refractivity contribution is 7.81. The normalized spacial score (nSPS) is 13.6.